The molecule has 0 spiro atoms. The number of para-hydroxylation sites is 2. The molecule has 1 saturated heterocycles. The van der Waals surface area contributed by atoms with E-state index in [1.807, 2.05) is 48.5 Å². The van der Waals surface area contributed by atoms with Crippen LogP contribution < -0.4 is 20.3 Å². The molecule has 0 unspecified atom stereocenters. The quantitative estimate of drug-likeness (QED) is 0.659. The third kappa shape index (κ3) is 5.10. The lowest BCUT2D eigenvalue weighted by Gasteiger charge is -2.32. The molecule has 160 valence electrons. The molecule has 1 aliphatic rings. The second-order valence-corrected chi connectivity index (χ2v) is 7.43. The number of hydrogen-bond donors (Lipinski definition) is 2. The minimum atomic E-state index is -0.349. The summed E-state index contributed by atoms with van der Waals surface area (Å²) in [7, 11) is 3.70. The van der Waals surface area contributed by atoms with Crippen molar-refractivity contribution in [2.45, 2.75) is 0 Å². The maximum absolute atomic E-state index is 12.4. The number of nitrogens with zero attached hydrogens (tertiary/aromatic N) is 4. The Morgan fingerprint density at radius 1 is 0.935 bits per heavy atom. The summed E-state index contributed by atoms with van der Waals surface area (Å²) >= 11 is 0. The van der Waals surface area contributed by atoms with Crippen LogP contribution in [-0.4, -0.2) is 61.5 Å². The maximum atomic E-state index is 12.4. The van der Waals surface area contributed by atoms with Crippen molar-refractivity contribution in [3.05, 3.63) is 60.7 Å². The van der Waals surface area contributed by atoms with Gasteiger partial charge in [-0.25, -0.2) is 4.79 Å². The smallest absolute Gasteiger partial charge is 0.323 e. The van der Waals surface area contributed by atoms with Gasteiger partial charge in [0.2, 0.25) is 0 Å². The molecule has 2 heterocycles. The molecule has 0 aliphatic carbocycles. The number of carbonyl (C=O) groups excluding carboxylic acids is 1. The lowest BCUT2D eigenvalue weighted by molar-refractivity contribution is 0.262. The number of nitrogens with one attached hydrogen (secondary N) is 2. The van der Waals surface area contributed by atoms with Crippen molar-refractivity contribution in [3.8, 4) is 17.0 Å². The summed E-state index contributed by atoms with van der Waals surface area (Å²) in [6.07, 6.45) is 0. The van der Waals surface area contributed by atoms with Gasteiger partial charge in [-0.05, 0) is 43.4 Å². The van der Waals surface area contributed by atoms with Crippen molar-refractivity contribution in [1.82, 2.24) is 15.1 Å². The average Bonchev–Trinajstić information content (AvgIpc) is 2.80. The Balaban J connectivity index is 1.42. The summed E-state index contributed by atoms with van der Waals surface area (Å²) in [5.74, 6) is 1.49. The van der Waals surface area contributed by atoms with Crippen LogP contribution >= 0.6 is 0 Å². The number of methoxy groups -OCH3 is 1. The van der Waals surface area contributed by atoms with Gasteiger partial charge in [-0.2, -0.15) is 0 Å². The van der Waals surface area contributed by atoms with Crippen LogP contribution in [0.3, 0.4) is 0 Å². The first kappa shape index (κ1) is 20.6. The first-order chi connectivity index (χ1) is 15.1. The number of ether oxygens (including phenoxy) is 1. The Morgan fingerprint density at radius 3 is 2.48 bits per heavy atom. The highest BCUT2D eigenvalue weighted by Gasteiger charge is 2.16. The molecule has 0 bridgehead atoms. The third-order valence-corrected chi connectivity index (χ3v) is 5.25. The summed E-state index contributed by atoms with van der Waals surface area (Å²) in [5, 5.41) is 14.5. The molecule has 1 aromatic heterocycles. The van der Waals surface area contributed by atoms with E-state index in [1.54, 1.807) is 19.2 Å². The normalized spacial score (nSPS) is 14.2. The van der Waals surface area contributed by atoms with Crippen LogP contribution in [0.1, 0.15) is 0 Å². The number of hydrogen-bond acceptors (Lipinski definition) is 6. The fraction of sp³-hybridized carbons (Fsp3) is 0.261. The van der Waals surface area contributed by atoms with E-state index >= 15 is 0 Å². The highest BCUT2D eigenvalue weighted by Crippen LogP contribution is 2.25. The lowest BCUT2D eigenvalue weighted by Crippen LogP contribution is -2.44. The molecule has 31 heavy (non-hydrogen) atoms. The van der Waals surface area contributed by atoms with Crippen molar-refractivity contribution in [1.29, 1.82) is 0 Å². The Bertz CT molecular complexity index is 1030. The van der Waals surface area contributed by atoms with Crippen LogP contribution in [-0.2, 0) is 0 Å². The maximum Gasteiger partial charge on any atom is 0.323 e. The van der Waals surface area contributed by atoms with Crippen LogP contribution in [0, 0.1) is 0 Å². The fourth-order valence-electron chi connectivity index (χ4n) is 3.47. The van der Waals surface area contributed by atoms with Gasteiger partial charge in [0.1, 0.15) is 5.75 Å². The van der Waals surface area contributed by atoms with E-state index in [0.29, 0.717) is 17.1 Å². The largest absolute Gasteiger partial charge is 0.495 e. The molecule has 2 N–H and O–H groups in total. The predicted molar refractivity (Wildman–Crippen MR) is 123 cm³/mol. The highest BCUT2D eigenvalue weighted by molar-refractivity contribution is 6.01. The van der Waals surface area contributed by atoms with Crippen molar-refractivity contribution in [2.24, 2.45) is 0 Å². The van der Waals surface area contributed by atoms with E-state index in [2.05, 4.69) is 37.7 Å². The number of benzene rings is 2. The van der Waals surface area contributed by atoms with E-state index in [1.165, 1.54) is 0 Å². The van der Waals surface area contributed by atoms with Crippen molar-refractivity contribution < 1.29 is 9.53 Å². The summed E-state index contributed by atoms with van der Waals surface area (Å²) < 4.78 is 5.27. The number of rotatable bonds is 5. The molecule has 0 saturated carbocycles. The van der Waals surface area contributed by atoms with E-state index in [-0.39, 0.29) is 6.03 Å². The summed E-state index contributed by atoms with van der Waals surface area (Å²) in [6, 6.07) is 18.4. The van der Waals surface area contributed by atoms with Gasteiger partial charge in [-0.3, -0.25) is 0 Å². The molecule has 8 nitrogen and oxygen atoms in total. The molecule has 8 heteroatoms. The van der Waals surface area contributed by atoms with Gasteiger partial charge in [0.05, 0.1) is 18.5 Å². The SMILES string of the molecule is COc1ccccc1NC(=O)Nc1cccc(-c2ccc(N3CCN(C)CC3)nn2)c1. The van der Waals surface area contributed by atoms with Gasteiger partial charge < -0.3 is 25.2 Å². The van der Waals surface area contributed by atoms with E-state index in [9.17, 15) is 4.79 Å². The zero-order valence-corrected chi connectivity index (χ0v) is 17.7. The zero-order valence-electron chi connectivity index (χ0n) is 17.7. The van der Waals surface area contributed by atoms with Gasteiger partial charge in [-0.1, -0.05) is 24.3 Å². The minimum absolute atomic E-state index is 0.349. The fourth-order valence-corrected chi connectivity index (χ4v) is 3.47. The Morgan fingerprint density at radius 2 is 1.74 bits per heavy atom. The standard InChI is InChI=1S/C23H26N6O2/c1-28-12-14-29(15-13-28)22-11-10-19(26-27-22)17-6-5-7-18(16-17)24-23(30)25-20-8-3-4-9-21(20)31-2/h3-11,16H,12-15H2,1-2H3,(H2,24,25,30). The molecule has 1 aliphatic heterocycles. The Kier molecular flexibility index (Phi) is 6.28. The number of amides is 2. The summed E-state index contributed by atoms with van der Waals surface area (Å²) in [6.45, 7) is 3.94. The predicted octanol–water partition coefficient (Wildman–Crippen LogP) is 3.55. The highest BCUT2D eigenvalue weighted by atomic mass is 16.5. The van der Waals surface area contributed by atoms with E-state index < -0.39 is 0 Å². The van der Waals surface area contributed by atoms with E-state index in [4.69, 9.17) is 4.74 Å². The first-order valence-corrected chi connectivity index (χ1v) is 10.2. The number of carbonyl (C=O) groups is 1. The number of piperazine rings is 1. The third-order valence-electron chi connectivity index (χ3n) is 5.25. The first-order valence-electron chi connectivity index (χ1n) is 10.2. The Labute approximate surface area is 181 Å². The second kappa shape index (κ2) is 9.44. The number of aromatic nitrogens is 2. The minimum Gasteiger partial charge on any atom is -0.495 e. The van der Waals surface area contributed by atoms with Crippen molar-refractivity contribution in [2.75, 3.05) is 55.9 Å². The number of urea groups is 1. The molecular formula is C23H26N6O2. The second-order valence-electron chi connectivity index (χ2n) is 7.43. The average molecular weight is 419 g/mol. The van der Waals surface area contributed by atoms with Crippen molar-refractivity contribution in [3.63, 3.8) is 0 Å². The Hall–Kier alpha value is -3.65. The van der Waals surface area contributed by atoms with Crippen LogP contribution in [0.2, 0.25) is 0 Å². The van der Waals surface area contributed by atoms with Gasteiger partial charge in [0, 0.05) is 37.4 Å². The molecule has 3 aromatic rings. The van der Waals surface area contributed by atoms with Gasteiger partial charge in [-0.15, -0.1) is 10.2 Å². The molecule has 1 fully saturated rings. The molecule has 0 atom stereocenters. The molecule has 2 amide bonds. The molecular weight excluding hydrogens is 392 g/mol. The number of likely N-dealkylation sites (N-methyl/N-ethyl adjacent to an activating group) is 1. The van der Waals surface area contributed by atoms with Gasteiger partial charge in [0.25, 0.3) is 0 Å². The van der Waals surface area contributed by atoms with Crippen LogP contribution in [0.4, 0.5) is 22.0 Å². The monoisotopic (exact) mass is 418 g/mol. The number of anilines is 3. The van der Waals surface area contributed by atoms with E-state index in [0.717, 1.165) is 43.3 Å². The summed E-state index contributed by atoms with van der Waals surface area (Å²) in [5.41, 5.74) is 2.90. The molecule has 2 aromatic carbocycles. The molecule has 0 radical (unpaired) electrons. The van der Waals surface area contributed by atoms with Gasteiger partial charge >= 0.3 is 6.03 Å². The van der Waals surface area contributed by atoms with Crippen molar-refractivity contribution >= 4 is 23.2 Å². The van der Waals surface area contributed by atoms with Crippen LogP contribution in [0.5, 0.6) is 5.75 Å². The molecule has 4 rings (SSSR count). The lowest BCUT2D eigenvalue weighted by atomic mass is 10.1. The van der Waals surface area contributed by atoms with Crippen LogP contribution in [0.15, 0.2) is 60.7 Å². The summed E-state index contributed by atoms with van der Waals surface area (Å²) in [4.78, 5) is 17.0. The van der Waals surface area contributed by atoms with Gasteiger partial charge in [0.15, 0.2) is 5.82 Å². The zero-order chi connectivity index (χ0) is 21.6. The van der Waals surface area contributed by atoms with Crippen LogP contribution in [0.25, 0.3) is 11.3 Å². The topological polar surface area (TPSA) is 82.6 Å².